The van der Waals surface area contributed by atoms with E-state index in [1.54, 1.807) is 29.1 Å². The van der Waals surface area contributed by atoms with Crippen LogP contribution in [0.4, 0.5) is 0 Å². The van der Waals surface area contributed by atoms with Crippen LogP contribution in [-0.2, 0) is 20.1 Å². The number of nitrogens with zero attached hydrogens (tertiary/aromatic N) is 4. The van der Waals surface area contributed by atoms with Gasteiger partial charge >= 0.3 is 0 Å². The average molecular weight is 333 g/mol. The van der Waals surface area contributed by atoms with Crippen molar-refractivity contribution in [2.45, 2.75) is 13.0 Å². The van der Waals surface area contributed by atoms with E-state index in [9.17, 15) is 4.79 Å². The van der Waals surface area contributed by atoms with Gasteiger partial charge in [-0.1, -0.05) is 11.2 Å². The minimum Gasteiger partial charge on any atom is -0.387 e. The van der Waals surface area contributed by atoms with Crippen LogP contribution >= 0.6 is 11.3 Å². The van der Waals surface area contributed by atoms with Crippen LogP contribution in [0.25, 0.3) is 10.6 Å². The van der Waals surface area contributed by atoms with Gasteiger partial charge in [-0.25, -0.2) is 0 Å². The summed E-state index contributed by atoms with van der Waals surface area (Å²) in [4.78, 5) is 17.2. The van der Waals surface area contributed by atoms with Crippen LogP contribution in [0.3, 0.4) is 0 Å². The molecule has 8 nitrogen and oxygen atoms in total. The Morgan fingerprint density at radius 2 is 2.39 bits per heavy atom. The number of aromatic nitrogens is 4. The van der Waals surface area contributed by atoms with E-state index in [1.807, 2.05) is 17.5 Å². The second-order valence-corrected chi connectivity index (χ2v) is 5.73. The van der Waals surface area contributed by atoms with Crippen molar-refractivity contribution in [2.24, 2.45) is 7.05 Å². The lowest BCUT2D eigenvalue weighted by Crippen LogP contribution is -2.27. The summed E-state index contributed by atoms with van der Waals surface area (Å²) in [5.74, 6) is 0.394. The number of carbonyl (C=O) groups excluding carboxylic acids is 1. The average Bonchev–Trinajstić information content (AvgIpc) is 3.27. The summed E-state index contributed by atoms with van der Waals surface area (Å²) >= 11 is 1.57. The summed E-state index contributed by atoms with van der Waals surface area (Å²) in [5.41, 5.74) is 1.26. The molecule has 0 spiro atoms. The van der Waals surface area contributed by atoms with Gasteiger partial charge in [-0.15, -0.1) is 11.3 Å². The van der Waals surface area contributed by atoms with Crippen LogP contribution in [-0.4, -0.2) is 37.5 Å². The van der Waals surface area contributed by atoms with Crippen molar-refractivity contribution in [1.29, 1.82) is 0 Å². The molecule has 3 rings (SSSR count). The number of amides is 1. The molecule has 2 N–H and O–H groups in total. The molecule has 0 aliphatic heterocycles. The van der Waals surface area contributed by atoms with Gasteiger partial charge in [0.05, 0.1) is 4.88 Å². The third-order valence-electron chi connectivity index (χ3n) is 3.17. The lowest BCUT2D eigenvalue weighted by Gasteiger charge is -2.03. The fraction of sp³-hybridized carbons (Fsp3) is 0.286. The van der Waals surface area contributed by atoms with E-state index in [2.05, 4.69) is 20.6 Å². The maximum Gasteiger partial charge on any atom is 0.269 e. The SMILES string of the molecule is Cn1nc(-c2cccs2)cc1C(=O)NCCc1noc(CO)n1. The molecule has 0 radical (unpaired) electrons. The zero-order valence-corrected chi connectivity index (χ0v) is 13.2. The number of aryl methyl sites for hydroxylation is 1. The van der Waals surface area contributed by atoms with Gasteiger partial charge in [0, 0.05) is 20.0 Å². The Morgan fingerprint density at radius 1 is 1.52 bits per heavy atom. The first-order valence-corrected chi connectivity index (χ1v) is 7.84. The molecule has 1 amide bonds. The zero-order valence-electron chi connectivity index (χ0n) is 12.4. The van der Waals surface area contributed by atoms with Crippen LogP contribution < -0.4 is 5.32 Å². The molecule has 0 saturated carbocycles. The molecule has 0 bridgehead atoms. The highest BCUT2D eigenvalue weighted by Crippen LogP contribution is 2.23. The van der Waals surface area contributed by atoms with Crippen molar-refractivity contribution in [3.8, 4) is 10.6 Å². The van der Waals surface area contributed by atoms with Crippen molar-refractivity contribution in [3.05, 3.63) is 41.0 Å². The molecular formula is C14H15N5O3S. The summed E-state index contributed by atoms with van der Waals surface area (Å²) in [6, 6.07) is 5.67. The maximum atomic E-state index is 12.2. The molecule has 0 saturated heterocycles. The Morgan fingerprint density at radius 3 is 3.09 bits per heavy atom. The molecule has 9 heteroatoms. The third kappa shape index (κ3) is 3.46. The largest absolute Gasteiger partial charge is 0.387 e. The predicted octanol–water partition coefficient (Wildman–Crippen LogP) is 0.996. The van der Waals surface area contributed by atoms with Gasteiger partial charge in [0.15, 0.2) is 5.82 Å². The van der Waals surface area contributed by atoms with Crippen LogP contribution in [0, 0.1) is 0 Å². The standard InChI is InChI=1S/C14H15N5O3S/c1-19-10(7-9(17-19)11-3-2-6-23-11)14(21)15-5-4-12-16-13(8-20)22-18-12/h2-3,6-7,20H,4-5,8H2,1H3,(H,15,21). The van der Waals surface area contributed by atoms with E-state index in [4.69, 9.17) is 9.63 Å². The van der Waals surface area contributed by atoms with E-state index < -0.39 is 0 Å². The van der Waals surface area contributed by atoms with Gasteiger partial charge in [0.1, 0.15) is 18.0 Å². The van der Waals surface area contributed by atoms with Crippen molar-refractivity contribution in [2.75, 3.05) is 6.54 Å². The molecule has 0 aliphatic carbocycles. The summed E-state index contributed by atoms with van der Waals surface area (Å²) in [6.07, 6.45) is 0.422. The first kappa shape index (κ1) is 15.4. The number of nitrogens with one attached hydrogen (secondary N) is 1. The Labute approximate surface area is 135 Å². The number of carbonyl (C=O) groups is 1. The van der Waals surface area contributed by atoms with Gasteiger partial charge in [0.2, 0.25) is 0 Å². The Balaban J connectivity index is 1.60. The molecule has 0 fully saturated rings. The topological polar surface area (TPSA) is 106 Å². The molecule has 3 aromatic heterocycles. The van der Waals surface area contributed by atoms with Gasteiger partial charge in [-0.3, -0.25) is 9.48 Å². The summed E-state index contributed by atoms with van der Waals surface area (Å²) in [7, 11) is 1.73. The molecule has 0 aromatic carbocycles. The fourth-order valence-corrected chi connectivity index (χ4v) is 2.74. The van der Waals surface area contributed by atoms with Crippen LogP contribution in [0.2, 0.25) is 0 Å². The highest BCUT2D eigenvalue weighted by molar-refractivity contribution is 7.13. The Kier molecular flexibility index (Phi) is 4.49. The van der Waals surface area contributed by atoms with Crippen LogP contribution in [0.5, 0.6) is 0 Å². The summed E-state index contributed by atoms with van der Waals surface area (Å²) < 4.78 is 6.34. The van der Waals surface area contributed by atoms with E-state index in [-0.39, 0.29) is 18.4 Å². The van der Waals surface area contributed by atoms with Crippen LogP contribution in [0.15, 0.2) is 28.1 Å². The van der Waals surface area contributed by atoms with E-state index in [0.717, 1.165) is 10.6 Å². The van der Waals surface area contributed by atoms with E-state index in [1.165, 1.54) is 0 Å². The normalized spacial score (nSPS) is 10.9. The van der Waals surface area contributed by atoms with E-state index in [0.29, 0.717) is 24.5 Å². The number of rotatable bonds is 6. The number of thiophene rings is 1. The van der Waals surface area contributed by atoms with E-state index >= 15 is 0 Å². The fourth-order valence-electron chi connectivity index (χ4n) is 2.06. The lowest BCUT2D eigenvalue weighted by molar-refractivity contribution is 0.0944. The predicted molar refractivity (Wildman–Crippen MR) is 82.8 cm³/mol. The zero-order chi connectivity index (χ0) is 16.2. The second-order valence-electron chi connectivity index (χ2n) is 4.78. The maximum absolute atomic E-state index is 12.2. The van der Waals surface area contributed by atoms with Gasteiger partial charge in [0.25, 0.3) is 11.8 Å². The highest BCUT2D eigenvalue weighted by Gasteiger charge is 2.15. The lowest BCUT2D eigenvalue weighted by atomic mass is 10.3. The first-order valence-electron chi connectivity index (χ1n) is 6.96. The molecular weight excluding hydrogens is 318 g/mol. The quantitative estimate of drug-likeness (QED) is 0.697. The molecule has 3 aromatic rings. The van der Waals surface area contributed by atoms with Gasteiger partial charge < -0.3 is 14.9 Å². The summed E-state index contributed by atoms with van der Waals surface area (Å²) in [6.45, 7) is 0.0720. The minimum absolute atomic E-state index is 0.165. The molecule has 0 unspecified atom stereocenters. The van der Waals surface area contributed by atoms with Crippen LogP contribution in [0.1, 0.15) is 22.2 Å². The smallest absolute Gasteiger partial charge is 0.269 e. The minimum atomic E-state index is -0.292. The first-order chi connectivity index (χ1) is 11.2. The monoisotopic (exact) mass is 333 g/mol. The molecule has 3 heterocycles. The van der Waals surface area contributed by atoms with Gasteiger partial charge in [-0.05, 0) is 17.5 Å². The summed E-state index contributed by atoms with van der Waals surface area (Å²) in [5, 5.41) is 21.7. The van der Waals surface area contributed by atoms with Crippen molar-refractivity contribution < 1.29 is 14.4 Å². The number of aliphatic hydroxyl groups excluding tert-OH is 1. The Bertz CT molecular complexity index is 793. The highest BCUT2D eigenvalue weighted by atomic mass is 32.1. The number of hydrogen-bond acceptors (Lipinski definition) is 7. The molecule has 0 atom stereocenters. The second kappa shape index (κ2) is 6.71. The van der Waals surface area contributed by atoms with Gasteiger partial charge in [-0.2, -0.15) is 10.1 Å². The molecule has 23 heavy (non-hydrogen) atoms. The number of hydrogen-bond donors (Lipinski definition) is 2. The van der Waals surface area contributed by atoms with Crippen molar-refractivity contribution in [3.63, 3.8) is 0 Å². The van der Waals surface area contributed by atoms with Crippen molar-refractivity contribution in [1.82, 2.24) is 25.2 Å². The Hall–Kier alpha value is -2.52. The number of aliphatic hydroxyl groups is 1. The molecule has 120 valence electrons. The molecule has 0 aliphatic rings. The van der Waals surface area contributed by atoms with Crippen molar-refractivity contribution >= 4 is 17.2 Å². The third-order valence-corrected chi connectivity index (χ3v) is 4.06.